The van der Waals surface area contributed by atoms with Gasteiger partial charge in [-0.05, 0) is 47.6 Å². The Morgan fingerprint density at radius 1 is 1.50 bits per heavy atom. The molecule has 66 valence electrons. The second-order valence-electron chi connectivity index (χ2n) is 2.68. The fourth-order valence-electron chi connectivity index (χ4n) is 0.948. The van der Waals surface area contributed by atoms with Crippen LogP contribution in [0.1, 0.15) is 18.5 Å². The highest BCUT2D eigenvalue weighted by molar-refractivity contribution is 9.10. The number of nitrogens with one attached hydrogen (secondary N) is 1. The van der Waals surface area contributed by atoms with Crippen LogP contribution in [0.15, 0.2) is 22.7 Å². The van der Waals surface area contributed by atoms with E-state index in [9.17, 15) is 4.39 Å². The molecule has 0 bridgehead atoms. The van der Waals surface area contributed by atoms with Crippen LogP contribution in [0.5, 0.6) is 0 Å². The molecule has 0 fully saturated rings. The van der Waals surface area contributed by atoms with Crippen molar-refractivity contribution < 1.29 is 4.39 Å². The van der Waals surface area contributed by atoms with Gasteiger partial charge in [0.25, 0.3) is 0 Å². The van der Waals surface area contributed by atoms with Crippen molar-refractivity contribution in [3.63, 3.8) is 0 Å². The summed E-state index contributed by atoms with van der Waals surface area (Å²) >= 11 is 3.14. The van der Waals surface area contributed by atoms with Gasteiger partial charge in [0.15, 0.2) is 0 Å². The molecular weight excluding hydrogens is 221 g/mol. The molecule has 0 heterocycles. The second-order valence-corrected chi connectivity index (χ2v) is 3.54. The monoisotopic (exact) mass is 231 g/mol. The smallest absolute Gasteiger partial charge is 0.137 e. The Morgan fingerprint density at radius 3 is 2.67 bits per heavy atom. The van der Waals surface area contributed by atoms with Crippen molar-refractivity contribution in [2.45, 2.75) is 13.0 Å². The lowest BCUT2D eigenvalue weighted by molar-refractivity contribution is 0.612. The van der Waals surface area contributed by atoms with Crippen LogP contribution in [0.25, 0.3) is 0 Å². The maximum absolute atomic E-state index is 12.8. The zero-order chi connectivity index (χ0) is 9.14. The normalized spacial score (nSPS) is 13.0. The van der Waals surface area contributed by atoms with Crippen molar-refractivity contribution in [2.75, 3.05) is 7.05 Å². The topological polar surface area (TPSA) is 12.0 Å². The number of hydrogen-bond acceptors (Lipinski definition) is 1. The largest absolute Gasteiger partial charge is 0.313 e. The average Bonchev–Trinajstić information content (AvgIpc) is 2.08. The van der Waals surface area contributed by atoms with E-state index in [1.807, 2.05) is 14.0 Å². The number of benzene rings is 1. The van der Waals surface area contributed by atoms with Gasteiger partial charge in [-0.3, -0.25) is 0 Å². The van der Waals surface area contributed by atoms with Crippen LogP contribution in [0, 0.1) is 5.82 Å². The van der Waals surface area contributed by atoms with Crippen LogP contribution in [-0.4, -0.2) is 7.05 Å². The molecule has 1 atom stereocenters. The van der Waals surface area contributed by atoms with E-state index in [1.165, 1.54) is 6.07 Å². The fourth-order valence-corrected chi connectivity index (χ4v) is 1.34. The first-order chi connectivity index (χ1) is 5.65. The van der Waals surface area contributed by atoms with Crippen LogP contribution in [0.2, 0.25) is 0 Å². The molecule has 1 aromatic rings. The van der Waals surface area contributed by atoms with Gasteiger partial charge in [0.2, 0.25) is 0 Å². The summed E-state index contributed by atoms with van der Waals surface area (Å²) in [4.78, 5) is 0. The zero-order valence-corrected chi connectivity index (χ0v) is 8.65. The van der Waals surface area contributed by atoms with E-state index >= 15 is 0 Å². The van der Waals surface area contributed by atoms with Gasteiger partial charge in [-0.1, -0.05) is 6.07 Å². The van der Waals surface area contributed by atoms with E-state index in [0.29, 0.717) is 4.47 Å². The fraction of sp³-hybridized carbons (Fsp3) is 0.333. The Bertz CT molecular complexity index is 275. The maximum atomic E-state index is 12.8. The van der Waals surface area contributed by atoms with E-state index in [2.05, 4.69) is 21.2 Å². The molecule has 12 heavy (non-hydrogen) atoms. The molecule has 1 nitrogen and oxygen atoms in total. The maximum Gasteiger partial charge on any atom is 0.137 e. The van der Waals surface area contributed by atoms with Gasteiger partial charge in [0.1, 0.15) is 5.82 Å². The zero-order valence-electron chi connectivity index (χ0n) is 7.07. The lowest BCUT2D eigenvalue weighted by Crippen LogP contribution is -2.12. The second kappa shape index (κ2) is 4.01. The third kappa shape index (κ3) is 2.05. The summed E-state index contributed by atoms with van der Waals surface area (Å²) in [6, 6.07) is 5.28. The third-order valence-electron chi connectivity index (χ3n) is 1.88. The summed E-state index contributed by atoms with van der Waals surface area (Å²) in [5.74, 6) is -0.220. The Labute approximate surface area is 80.1 Å². The number of halogens is 2. The van der Waals surface area contributed by atoms with E-state index in [0.717, 1.165) is 5.56 Å². The minimum absolute atomic E-state index is 0.220. The molecule has 0 aromatic heterocycles. The summed E-state index contributed by atoms with van der Waals surface area (Å²) in [7, 11) is 1.88. The van der Waals surface area contributed by atoms with Crippen LogP contribution in [-0.2, 0) is 0 Å². The van der Waals surface area contributed by atoms with Crippen molar-refractivity contribution in [3.8, 4) is 0 Å². The standard InChI is InChI=1S/C9H11BrFN/c1-6(12-2)7-3-4-9(11)8(10)5-7/h3-6,12H,1-2H3. The van der Waals surface area contributed by atoms with Crippen molar-refractivity contribution >= 4 is 15.9 Å². The molecule has 0 aliphatic carbocycles. The van der Waals surface area contributed by atoms with Crippen molar-refractivity contribution in [1.82, 2.24) is 5.32 Å². The van der Waals surface area contributed by atoms with E-state index in [-0.39, 0.29) is 11.9 Å². The average molecular weight is 232 g/mol. The highest BCUT2D eigenvalue weighted by Crippen LogP contribution is 2.20. The first-order valence-electron chi connectivity index (χ1n) is 3.77. The molecule has 1 aromatic carbocycles. The minimum Gasteiger partial charge on any atom is -0.313 e. The van der Waals surface area contributed by atoms with Gasteiger partial charge >= 0.3 is 0 Å². The van der Waals surface area contributed by atoms with Gasteiger partial charge in [-0.2, -0.15) is 0 Å². The molecule has 0 amide bonds. The van der Waals surface area contributed by atoms with Gasteiger partial charge < -0.3 is 5.32 Å². The first-order valence-corrected chi connectivity index (χ1v) is 4.56. The minimum atomic E-state index is -0.220. The molecular formula is C9H11BrFN. The lowest BCUT2D eigenvalue weighted by Gasteiger charge is -2.10. The van der Waals surface area contributed by atoms with E-state index < -0.39 is 0 Å². The third-order valence-corrected chi connectivity index (χ3v) is 2.48. The number of rotatable bonds is 2. The Hall–Kier alpha value is -0.410. The SMILES string of the molecule is CNC(C)c1ccc(F)c(Br)c1. The molecule has 0 aliphatic heterocycles. The summed E-state index contributed by atoms with van der Waals surface area (Å²) in [6.45, 7) is 2.03. The number of hydrogen-bond donors (Lipinski definition) is 1. The van der Waals surface area contributed by atoms with E-state index in [1.54, 1.807) is 12.1 Å². The lowest BCUT2D eigenvalue weighted by atomic mass is 10.1. The van der Waals surface area contributed by atoms with Crippen LogP contribution in [0.3, 0.4) is 0 Å². The van der Waals surface area contributed by atoms with Gasteiger partial charge in [0, 0.05) is 6.04 Å². The summed E-state index contributed by atoms with van der Waals surface area (Å²) < 4.78 is 13.3. The Balaban J connectivity index is 2.96. The molecule has 0 aliphatic rings. The molecule has 1 rings (SSSR count). The van der Waals surface area contributed by atoms with Crippen LogP contribution < -0.4 is 5.32 Å². The van der Waals surface area contributed by atoms with Gasteiger partial charge in [-0.15, -0.1) is 0 Å². The molecule has 1 unspecified atom stereocenters. The molecule has 0 saturated heterocycles. The highest BCUT2D eigenvalue weighted by Gasteiger charge is 2.04. The van der Waals surface area contributed by atoms with Gasteiger partial charge in [0.05, 0.1) is 4.47 Å². The summed E-state index contributed by atoms with van der Waals surface area (Å²) in [5, 5.41) is 3.08. The molecule has 3 heteroatoms. The van der Waals surface area contributed by atoms with Crippen molar-refractivity contribution in [1.29, 1.82) is 0 Å². The van der Waals surface area contributed by atoms with Crippen molar-refractivity contribution in [2.24, 2.45) is 0 Å². The van der Waals surface area contributed by atoms with Crippen LogP contribution >= 0.6 is 15.9 Å². The first kappa shape index (κ1) is 9.68. The highest BCUT2D eigenvalue weighted by atomic mass is 79.9. The molecule has 1 N–H and O–H groups in total. The van der Waals surface area contributed by atoms with Crippen molar-refractivity contribution in [3.05, 3.63) is 34.1 Å². The molecule has 0 spiro atoms. The van der Waals surface area contributed by atoms with E-state index in [4.69, 9.17) is 0 Å². The predicted molar refractivity (Wildman–Crippen MR) is 51.6 cm³/mol. The molecule has 0 radical (unpaired) electrons. The Morgan fingerprint density at radius 2 is 2.17 bits per heavy atom. The molecule has 0 saturated carbocycles. The summed E-state index contributed by atoms with van der Waals surface area (Å²) in [5.41, 5.74) is 1.07. The van der Waals surface area contributed by atoms with Gasteiger partial charge in [-0.25, -0.2) is 4.39 Å². The summed E-state index contributed by atoms with van der Waals surface area (Å²) in [6.07, 6.45) is 0. The van der Waals surface area contributed by atoms with Crippen LogP contribution in [0.4, 0.5) is 4.39 Å². The quantitative estimate of drug-likeness (QED) is 0.826. The Kier molecular flexibility index (Phi) is 3.23. The predicted octanol–water partition coefficient (Wildman–Crippen LogP) is 2.87.